The number of hydrogen-bond acceptors (Lipinski definition) is 5. The van der Waals surface area contributed by atoms with Crippen molar-refractivity contribution >= 4 is 5.91 Å². The van der Waals surface area contributed by atoms with Gasteiger partial charge in [-0.2, -0.15) is 4.98 Å². The molecule has 0 N–H and O–H groups in total. The monoisotopic (exact) mass is 381 g/mol. The molecule has 2 aliphatic heterocycles. The Morgan fingerprint density at radius 3 is 2.68 bits per heavy atom. The standard InChI is InChI=1S/C22H27N3O3/c26-21(18-6-7-18)25-11-9-22(10-12-25)15-16(8-13-27-22)14-19-23-20(24-28-19)17-4-2-1-3-5-17/h1-5,16,18H,6-15H2. The van der Waals surface area contributed by atoms with E-state index in [4.69, 9.17) is 9.26 Å². The van der Waals surface area contributed by atoms with Gasteiger partial charge in [-0.05, 0) is 44.4 Å². The lowest BCUT2D eigenvalue weighted by atomic mass is 9.78. The first kappa shape index (κ1) is 17.9. The normalized spacial score (nSPS) is 24.4. The topological polar surface area (TPSA) is 68.5 Å². The zero-order valence-electron chi connectivity index (χ0n) is 16.2. The van der Waals surface area contributed by atoms with E-state index in [-0.39, 0.29) is 5.60 Å². The molecular formula is C22H27N3O3. The molecule has 1 aromatic carbocycles. The first-order chi connectivity index (χ1) is 13.7. The number of ether oxygens (including phenoxy) is 1. The van der Waals surface area contributed by atoms with Crippen LogP contribution in [-0.2, 0) is 16.0 Å². The van der Waals surface area contributed by atoms with Gasteiger partial charge in [0.05, 0.1) is 5.60 Å². The highest BCUT2D eigenvalue weighted by molar-refractivity contribution is 5.81. The van der Waals surface area contributed by atoms with Gasteiger partial charge in [0.2, 0.25) is 17.6 Å². The molecule has 1 amide bonds. The van der Waals surface area contributed by atoms with E-state index in [0.717, 1.165) is 70.2 Å². The summed E-state index contributed by atoms with van der Waals surface area (Å²) in [5.41, 5.74) is 0.902. The summed E-state index contributed by atoms with van der Waals surface area (Å²) < 4.78 is 11.8. The molecule has 1 aliphatic carbocycles. The van der Waals surface area contributed by atoms with Crippen LogP contribution in [0.1, 0.15) is 44.4 Å². The number of carbonyl (C=O) groups is 1. The van der Waals surface area contributed by atoms with Crippen LogP contribution in [0.4, 0.5) is 0 Å². The maximum absolute atomic E-state index is 12.3. The molecular weight excluding hydrogens is 354 g/mol. The summed E-state index contributed by atoms with van der Waals surface area (Å²) >= 11 is 0. The van der Waals surface area contributed by atoms with Crippen molar-refractivity contribution in [2.45, 2.75) is 50.5 Å². The Morgan fingerprint density at radius 2 is 1.93 bits per heavy atom. The minimum Gasteiger partial charge on any atom is -0.375 e. The summed E-state index contributed by atoms with van der Waals surface area (Å²) in [7, 11) is 0. The Kier molecular flexibility index (Phi) is 4.67. The van der Waals surface area contributed by atoms with Crippen LogP contribution in [0.3, 0.4) is 0 Å². The molecule has 6 nitrogen and oxygen atoms in total. The number of rotatable bonds is 4. The van der Waals surface area contributed by atoms with Gasteiger partial charge in [0.1, 0.15) is 0 Å². The molecule has 1 spiro atoms. The highest BCUT2D eigenvalue weighted by Crippen LogP contribution is 2.40. The number of piperidine rings is 1. The second-order valence-corrected chi connectivity index (χ2v) is 8.57. The van der Waals surface area contributed by atoms with Gasteiger partial charge in [0.25, 0.3) is 0 Å². The van der Waals surface area contributed by atoms with E-state index < -0.39 is 0 Å². The van der Waals surface area contributed by atoms with Crippen molar-refractivity contribution in [3.8, 4) is 11.4 Å². The Hall–Kier alpha value is -2.21. The third kappa shape index (κ3) is 3.70. The van der Waals surface area contributed by atoms with E-state index in [9.17, 15) is 4.79 Å². The van der Waals surface area contributed by atoms with Crippen molar-refractivity contribution in [2.75, 3.05) is 19.7 Å². The molecule has 3 fully saturated rings. The number of amides is 1. The summed E-state index contributed by atoms with van der Waals surface area (Å²) in [5.74, 6) is 2.53. The number of aromatic nitrogens is 2. The molecule has 148 valence electrons. The van der Waals surface area contributed by atoms with Crippen molar-refractivity contribution in [3.63, 3.8) is 0 Å². The highest BCUT2D eigenvalue weighted by Gasteiger charge is 2.43. The van der Waals surface area contributed by atoms with E-state index in [1.54, 1.807) is 0 Å². The number of hydrogen-bond donors (Lipinski definition) is 0. The third-order valence-electron chi connectivity index (χ3n) is 6.47. The summed E-state index contributed by atoms with van der Waals surface area (Å²) in [5, 5.41) is 4.15. The second kappa shape index (κ2) is 7.32. The van der Waals surface area contributed by atoms with Gasteiger partial charge in [-0.15, -0.1) is 0 Å². The summed E-state index contributed by atoms with van der Waals surface area (Å²) in [6.07, 6.45) is 6.89. The quantitative estimate of drug-likeness (QED) is 0.811. The SMILES string of the molecule is O=C(C1CC1)N1CCC2(CC1)CC(Cc1nc(-c3ccccc3)no1)CCO2. The van der Waals surface area contributed by atoms with Crippen molar-refractivity contribution in [1.82, 2.24) is 15.0 Å². The van der Waals surface area contributed by atoms with E-state index in [2.05, 4.69) is 15.0 Å². The molecule has 0 radical (unpaired) electrons. The molecule has 3 aliphatic rings. The van der Waals surface area contributed by atoms with Crippen molar-refractivity contribution in [1.29, 1.82) is 0 Å². The lowest BCUT2D eigenvalue weighted by Gasteiger charge is -2.46. The predicted octanol–water partition coefficient (Wildman–Crippen LogP) is 3.48. The molecule has 1 atom stereocenters. The van der Waals surface area contributed by atoms with E-state index >= 15 is 0 Å². The molecule has 6 heteroatoms. The maximum Gasteiger partial charge on any atom is 0.227 e. The summed E-state index contributed by atoms with van der Waals surface area (Å²) in [6, 6.07) is 9.93. The second-order valence-electron chi connectivity index (χ2n) is 8.57. The van der Waals surface area contributed by atoms with Gasteiger partial charge in [-0.3, -0.25) is 4.79 Å². The summed E-state index contributed by atoms with van der Waals surface area (Å²) in [4.78, 5) is 19.0. The smallest absolute Gasteiger partial charge is 0.227 e. The molecule has 5 rings (SSSR count). The largest absolute Gasteiger partial charge is 0.375 e. The van der Waals surface area contributed by atoms with Gasteiger partial charge in [-0.1, -0.05) is 35.5 Å². The molecule has 1 aromatic heterocycles. The minimum absolute atomic E-state index is 0.0778. The van der Waals surface area contributed by atoms with Crippen LogP contribution < -0.4 is 0 Å². The molecule has 2 aromatic rings. The number of likely N-dealkylation sites (tertiary alicyclic amines) is 1. The maximum atomic E-state index is 12.3. The fourth-order valence-corrected chi connectivity index (χ4v) is 4.66. The molecule has 0 bridgehead atoms. The molecule has 28 heavy (non-hydrogen) atoms. The Labute approximate surface area is 165 Å². The third-order valence-corrected chi connectivity index (χ3v) is 6.47. The number of carbonyl (C=O) groups excluding carboxylic acids is 1. The first-order valence-electron chi connectivity index (χ1n) is 10.5. The van der Waals surface area contributed by atoms with Crippen LogP contribution in [0.5, 0.6) is 0 Å². The van der Waals surface area contributed by atoms with E-state index in [0.29, 0.717) is 29.5 Å². The van der Waals surface area contributed by atoms with Gasteiger partial charge >= 0.3 is 0 Å². The Morgan fingerprint density at radius 1 is 1.14 bits per heavy atom. The lowest BCUT2D eigenvalue weighted by Crippen LogP contribution is -2.51. The van der Waals surface area contributed by atoms with Crippen LogP contribution in [-0.4, -0.2) is 46.2 Å². The molecule has 1 saturated carbocycles. The fourth-order valence-electron chi connectivity index (χ4n) is 4.66. The minimum atomic E-state index is -0.0778. The van der Waals surface area contributed by atoms with Crippen molar-refractivity contribution in [2.24, 2.45) is 11.8 Å². The lowest BCUT2D eigenvalue weighted by molar-refractivity contribution is -0.148. The van der Waals surface area contributed by atoms with Gasteiger partial charge in [0.15, 0.2) is 0 Å². The van der Waals surface area contributed by atoms with E-state index in [1.165, 1.54) is 0 Å². The van der Waals surface area contributed by atoms with Crippen LogP contribution in [0.15, 0.2) is 34.9 Å². The van der Waals surface area contributed by atoms with E-state index in [1.807, 2.05) is 30.3 Å². The van der Waals surface area contributed by atoms with Crippen LogP contribution in [0.25, 0.3) is 11.4 Å². The zero-order chi connectivity index (χ0) is 19.0. The Bertz CT molecular complexity index is 823. The van der Waals surface area contributed by atoms with Crippen LogP contribution >= 0.6 is 0 Å². The fraction of sp³-hybridized carbons (Fsp3) is 0.591. The van der Waals surface area contributed by atoms with Crippen LogP contribution in [0.2, 0.25) is 0 Å². The molecule has 2 saturated heterocycles. The first-order valence-corrected chi connectivity index (χ1v) is 10.5. The predicted molar refractivity (Wildman–Crippen MR) is 103 cm³/mol. The Balaban J connectivity index is 1.20. The van der Waals surface area contributed by atoms with Crippen molar-refractivity contribution < 1.29 is 14.1 Å². The van der Waals surface area contributed by atoms with Crippen molar-refractivity contribution in [3.05, 3.63) is 36.2 Å². The molecule has 3 heterocycles. The molecule has 1 unspecified atom stereocenters. The highest BCUT2D eigenvalue weighted by atomic mass is 16.5. The zero-order valence-corrected chi connectivity index (χ0v) is 16.2. The number of nitrogens with zero attached hydrogens (tertiary/aromatic N) is 3. The average Bonchev–Trinajstić information content (AvgIpc) is 3.48. The van der Waals surface area contributed by atoms with Gasteiger partial charge in [-0.25, -0.2) is 0 Å². The van der Waals surface area contributed by atoms with Crippen LogP contribution in [0, 0.1) is 11.8 Å². The average molecular weight is 381 g/mol. The number of benzene rings is 1. The summed E-state index contributed by atoms with van der Waals surface area (Å²) in [6.45, 7) is 2.45. The van der Waals surface area contributed by atoms with Gasteiger partial charge < -0.3 is 14.2 Å². The van der Waals surface area contributed by atoms with Gasteiger partial charge in [0, 0.05) is 37.6 Å².